The summed E-state index contributed by atoms with van der Waals surface area (Å²) in [5, 5.41) is 6.35. The van der Waals surface area contributed by atoms with Crippen molar-refractivity contribution >= 4 is 11.7 Å². The maximum Gasteiger partial charge on any atom is 0.319 e. The highest BCUT2D eigenvalue weighted by Crippen LogP contribution is 2.66. The molecule has 5 heteroatoms. The van der Waals surface area contributed by atoms with Gasteiger partial charge in [-0.15, -0.1) is 0 Å². The third kappa shape index (κ3) is 3.01. The second kappa shape index (κ2) is 5.80. The predicted molar refractivity (Wildman–Crippen MR) is 102 cm³/mol. The first-order chi connectivity index (χ1) is 12.3. The van der Waals surface area contributed by atoms with Crippen molar-refractivity contribution in [2.24, 2.45) is 16.7 Å². The smallest absolute Gasteiger partial charge is 0.319 e. The molecule has 0 heterocycles. The molecular weight excluding hydrogens is 328 g/mol. The summed E-state index contributed by atoms with van der Waals surface area (Å²) in [5.74, 6) is 2.02. The molecule has 1 aromatic carbocycles. The fourth-order valence-corrected chi connectivity index (χ4v) is 6.90. The number of nitrogens with one attached hydrogen (secondary N) is 2. The Kier molecular flexibility index (Phi) is 3.90. The average molecular weight is 358 g/mol. The van der Waals surface area contributed by atoms with Gasteiger partial charge in [0.2, 0.25) is 0 Å². The van der Waals surface area contributed by atoms with Crippen molar-refractivity contribution in [3.63, 3.8) is 0 Å². The van der Waals surface area contributed by atoms with Crippen molar-refractivity contribution in [1.82, 2.24) is 5.32 Å². The van der Waals surface area contributed by atoms with Gasteiger partial charge in [-0.05, 0) is 67.4 Å². The number of benzene rings is 1. The molecule has 4 saturated carbocycles. The van der Waals surface area contributed by atoms with E-state index in [1.165, 1.54) is 19.3 Å². The third-order valence-corrected chi connectivity index (χ3v) is 6.65. The number of urea groups is 1. The van der Waals surface area contributed by atoms with Crippen LogP contribution < -0.4 is 20.1 Å². The van der Waals surface area contributed by atoms with Crippen LogP contribution in [0.5, 0.6) is 11.5 Å². The molecule has 2 atom stereocenters. The SMILES string of the molecule is COc1ccc(NC(=O)NC23CC4CC(C)(CC(C)(C4)C2)C3)cc1OC. The van der Waals surface area contributed by atoms with E-state index in [9.17, 15) is 4.79 Å². The maximum atomic E-state index is 12.8. The van der Waals surface area contributed by atoms with E-state index in [2.05, 4.69) is 24.5 Å². The summed E-state index contributed by atoms with van der Waals surface area (Å²) in [6.45, 7) is 4.83. The van der Waals surface area contributed by atoms with Crippen LogP contribution in [0.1, 0.15) is 52.4 Å². The zero-order valence-electron chi connectivity index (χ0n) is 16.3. The molecule has 0 aliphatic heterocycles. The molecule has 1 aromatic rings. The molecule has 26 heavy (non-hydrogen) atoms. The Balaban J connectivity index is 1.49. The van der Waals surface area contributed by atoms with Gasteiger partial charge in [0.15, 0.2) is 11.5 Å². The van der Waals surface area contributed by atoms with E-state index < -0.39 is 0 Å². The van der Waals surface area contributed by atoms with Gasteiger partial charge in [0, 0.05) is 17.3 Å². The lowest BCUT2D eigenvalue weighted by molar-refractivity contribution is -0.113. The van der Waals surface area contributed by atoms with E-state index in [0.717, 1.165) is 25.2 Å². The number of carbonyl (C=O) groups is 1. The number of hydrogen-bond donors (Lipinski definition) is 2. The Morgan fingerprint density at radius 3 is 2.23 bits per heavy atom. The minimum atomic E-state index is -0.119. The number of hydrogen-bond acceptors (Lipinski definition) is 3. The minimum absolute atomic E-state index is 0.0520. The average Bonchev–Trinajstić information content (AvgIpc) is 2.50. The normalized spacial score (nSPS) is 37.3. The standard InChI is InChI=1S/C21H30N2O3/c1-19-8-14-9-20(2,11-19)13-21(10-14,12-19)23-18(24)22-15-5-6-16(25-3)17(7-15)26-4/h5-7,14H,8-13H2,1-4H3,(H2,22,23,24). The summed E-state index contributed by atoms with van der Waals surface area (Å²) >= 11 is 0. The summed E-state index contributed by atoms with van der Waals surface area (Å²) in [6, 6.07) is 5.32. The summed E-state index contributed by atoms with van der Waals surface area (Å²) < 4.78 is 10.6. The Morgan fingerprint density at radius 1 is 1.00 bits per heavy atom. The summed E-state index contributed by atoms with van der Waals surface area (Å²) in [7, 11) is 3.20. The second-order valence-corrected chi connectivity index (χ2v) is 9.56. The van der Waals surface area contributed by atoms with Gasteiger partial charge in [0.25, 0.3) is 0 Å². The first-order valence-corrected chi connectivity index (χ1v) is 9.57. The zero-order chi connectivity index (χ0) is 18.6. The summed E-state index contributed by atoms with van der Waals surface area (Å²) in [5.41, 5.74) is 1.42. The molecule has 0 radical (unpaired) electrons. The second-order valence-electron chi connectivity index (χ2n) is 9.56. The van der Waals surface area contributed by atoms with Gasteiger partial charge in [-0.3, -0.25) is 0 Å². The third-order valence-electron chi connectivity index (χ3n) is 6.65. The van der Waals surface area contributed by atoms with Crippen LogP contribution in [0.25, 0.3) is 0 Å². The summed E-state index contributed by atoms with van der Waals surface area (Å²) in [4.78, 5) is 12.8. The number of rotatable bonds is 4. The Morgan fingerprint density at radius 2 is 1.65 bits per heavy atom. The lowest BCUT2D eigenvalue weighted by Crippen LogP contribution is -2.65. The number of ether oxygens (including phenoxy) is 2. The minimum Gasteiger partial charge on any atom is -0.493 e. The van der Waals surface area contributed by atoms with E-state index in [1.54, 1.807) is 26.4 Å². The van der Waals surface area contributed by atoms with Crippen LogP contribution >= 0.6 is 0 Å². The van der Waals surface area contributed by atoms with E-state index in [1.807, 2.05) is 6.07 Å². The van der Waals surface area contributed by atoms with Crippen LogP contribution in [0, 0.1) is 16.7 Å². The maximum absolute atomic E-state index is 12.8. The highest BCUT2D eigenvalue weighted by atomic mass is 16.5. The molecule has 2 unspecified atom stereocenters. The number of amides is 2. The van der Waals surface area contributed by atoms with Crippen molar-refractivity contribution in [3.8, 4) is 11.5 Å². The Bertz CT molecular complexity index is 714. The monoisotopic (exact) mass is 358 g/mol. The lowest BCUT2D eigenvalue weighted by atomic mass is 9.43. The molecule has 5 rings (SSSR count). The van der Waals surface area contributed by atoms with Gasteiger partial charge >= 0.3 is 6.03 Å². The van der Waals surface area contributed by atoms with E-state index in [4.69, 9.17) is 9.47 Å². The fourth-order valence-electron chi connectivity index (χ4n) is 6.90. The van der Waals surface area contributed by atoms with Crippen molar-refractivity contribution in [2.45, 2.75) is 57.9 Å². The van der Waals surface area contributed by atoms with Gasteiger partial charge in [-0.1, -0.05) is 13.8 Å². The van der Waals surface area contributed by atoms with Gasteiger partial charge < -0.3 is 20.1 Å². The topological polar surface area (TPSA) is 59.6 Å². The number of methoxy groups -OCH3 is 2. The van der Waals surface area contributed by atoms with Crippen LogP contribution in [-0.4, -0.2) is 25.8 Å². The van der Waals surface area contributed by atoms with Crippen molar-refractivity contribution in [3.05, 3.63) is 18.2 Å². The molecular formula is C21H30N2O3. The van der Waals surface area contributed by atoms with Crippen molar-refractivity contribution < 1.29 is 14.3 Å². The van der Waals surface area contributed by atoms with Gasteiger partial charge in [0.1, 0.15) is 0 Å². The molecule has 0 saturated heterocycles. The van der Waals surface area contributed by atoms with Gasteiger partial charge in [0.05, 0.1) is 14.2 Å². The first-order valence-electron chi connectivity index (χ1n) is 9.57. The molecule has 4 aliphatic carbocycles. The zero-order valence-corrected chi connectivity index (χ0v) is 16.3. The largest absolute Gasteiger partial charge is 0.493 e. The summed E-state index contributed by atoms with van der Waals surface area (Å²) in [6.07, 6.45) is 7.28. The van der Waals surface area contributed by atoms with Crippen molar-refractivity contribution in [2.75, 3.05) is 19.5 Å². The highest BCUT2D eigenvalue weighted by Gasteiger charge is 2.60. The molecule has 4 fully saturated rings. The molecule has 4 bridgehead atoms. The van der Waals surface area contributed by atoms with Gasteiger partial charge in [-0.2, -0.15) is 0 Å². The van der Waals surface area contributed by atoms with Crippen molar-refractivity contribution in [1.29, 1.82) is 0 Å². The fraction of sp³-hybridized carbons (Fsp3) is 0.667. The number of carbonyl (C=O) groups excluding carboxylic acids is 1. The predicted octanol–water partition coefficient (Wildman–Crippen LogP) is 4.57. The molecule has 0 spiro atoms. The van der Waals surface area contributed by atoms with Crippen LogP contribution in [0.2, 0.25) is 0 Å². The van der Waals surface area contributed by atoms with Crippen LogP contribution in [0.3, 0.4) is 0 Å². The Labute approximate surface area is 155 Å². The van der Waals surface area contributed by atoms with Crippen LogP contribution in [0.15, 0.2) is 18.2 Å². The lowest BCUT2D eigenvalue weighted by Gasteiger charge is -2.65. The number of anilines is 1. The highest BCUT2D eigenvalue weighted by molar-refractivity contribution is 5.90. The van der Waals surface area contributed by atoms with E-state index in [-0.39, 0.29) is 11.6 Å². The molecule has 4 aliphatic rings. The van der Waals surface area contributed by atoms with Gasteiger partial charge in [-0.25, -0.2) is 4.79 Å². The van der Waals surface area contributed by atoms with E-state index in [0.29, 0.717) is 28.0 Å². The first kappa shape index (κ1) is 17.5. The van der Waals surface area contributed by atoms with E-state index >= 15 is 0 Å². The quantitative estimate of drug-likeness (QED) is 0.828. The Hall–Kier alpha value is -1.91. The molecule has 142 valence electrons. The molecule has 5 nitrogen and oxygen atoms in total. The molecule has 0 aromatic heterocycles. The molecule has 2 N–H and O–H groups in total. The van der Waals surface area contributed by atoms with Crippen LogP contribution in [-0.2, 0) is 0 Å². The van der Waals surface area contributed by atoms with Crippen LogP contribution in [0.4, 0.5) is 10.5 Å². The molecule has 2 amide bonds.